The molecular weight excluding hydrogens is 478 g/mol. The van der Waals surface area contributed by atoms with E-state index in [-0.39, 0.29) is 17.0 Å². The average molecular weight is 522 g/mol. The van der Waals surface area contributed by atoms with E-state index in [1.165, 1.54) is 44.9 Å². The van der Waals surface area contributed by atoms with Crippen LogP contribution < -0.4 is 10.4 Å². The molecule has 0 amide bonds. The Morgan fingerprint density at radius 2 is 1.47 bits per heavy atom. The maximum atomic E-state index is 12.3. The van der Waals surface area contributed by atoms with Gasteiger partial charge in [-0.05, 0) is 69.0 Å². The first-order chi connectivity index (χ1) is 18.4. The quantitative estimate of drug-likeness (QED) is 0.132. The van der Waals surface area contributed by atoms with E-state index in [4.69, 9.17) is 13.9 Å². The Bertz CT molecular complexity index is 1180. The molecule has 0 saturated heterocycles. The number of esters is 1. The second-order valence-electron chi connectivity index (χ2n) is 10.6. The van der Waals surface area contributed by atoms with E-state index < -0.39 is 0 Å². The second kappa shape index (κ2) is 15.3. The monoisotopic (exact) mass is 521 g/mol. The van der Waals surface area contributed by atoms with Gasteiger partial charge in [-0.25, -0.2) is 9.78 Å². The second-order valence-corrected chi connectivity index (χ2v) is 10.6. The largest absolute Gasteiger partial charge is 0.494 e. The SMILES string of the molecule is CCC(C)(C)C(=O)OCCCCCCCCCCCCOc1ccc(-c2cc3cccnc3oc2=O)cc1. The van der Waals surface area contributed by atoms with Gasteiger partial charge in [0.1, 0.15) is 5.75 Å². The molecule has 0 unspecified atom stereocenters. The third kappa shape index (κ3) is 9.30. The molecular formula is C32H43NO5. The van der Waals surface area contributed by atoms with Crippen molar-refractivity contribution in [2.75, 3.05) is 13.2 Å². The Morgan fingerprint density at radius 3 is 2.11 bits per heavy atom. The summed E-state index contributed by atoms with van der Waals surface area (Å²) in [5.74, 6) is 0.735. The highest BCUT2D eigenvalue weighted by atomic mass is 16.5. The molecule has 0 fully saturated rings. The zero-order valence-corrected chi connectivity index (χ0v) is 23.3. The van der Waals surface area contributed by atoms with Crippen LogP contribution in [0.5, 0.6) is 5.75 Å². The molecule has 6 heteroatoms. The van der Waals surface area contributed by atoms with Crippen molar-refractivity contribution >= 4 is 17.1 Å². The fraction of sp³-hybridized carbons (Fsp3) is 0.531. The summed E-state index contributed by atoms with van der Waals surface area (Å²) in [4.78, 5) is 28.4. The highest BCUT2D eigenvalue weighted by Crippen LogP contribution is 2.23. The Hall–Kier alpha value is -3.15. The first-order valence-electron chi connectivity index (χ1n) is 14.2. The summed E-state index contributed by atoms with van der Waals surface area (Å²) in [5, 5.41) is 0.800. The number of ether oxygens (including phenoxy) is 2. The number of nitrogens with zero attached hydrogens (tertiary/aromatic N) is 1. The van der Waals surface area contributed by atoms with Crippen LogP contribution >= 0.6 is 0 Å². The Labute approximate surface area is 226 Å². The van der Waals surface area contributed by atoms with E-state index in [0.717, 1.165) is 42.4 Å². The van der Waals surface area contributed by atoms with Crippen molar-refractivity contribution in [2.45, 2.75) is 91.4 Å². The van der Waals surface area contributed by atoms with Gasteiger partial charge in [-0.15, -0.1) is 0 Å². The number of hydrogen-bond acceptors (Lipinski definition) is 6. The average Bonchev–Trinajstić information content (AvgIpc) is 2.93. The van der Waals surface area contributed by atoms with Gasteiger partial charge in [0.15, 0.2) is 0 Å². The van der Waals surface area contributed by atoms with E-state index in [0.29, 0.717) is 24.5 Å². The molecule has 0 bridgehead atoms. The summed E-state index contributed by atoms with van der Waals surface area (Å²) in [7, 11) is 0. The highest BCUT2D eigenvalue weighted by molar-refractivity contribution is 5.79. The lowest BCUT2D eigenvalue weighted by Gasteiger charge is -2.20. The van der Waals surface area contributed by atoms with Crippen molar-refractivity contribution in [3.8, 4) is 16.9 Å². The lowest BCUT2D eigenvalue weighted by molar-refractivity contribution is -0.154. The van der Waals surface area contributed by atoms with Crippen LogP contribution in [0.1, 0.15) is 91.4 Å². The van der Waals surface area contributed by atoms with Crippen LogP contribution in [0.3, 0.4) is 0 Å². The minimum Gasteiger partial charge on any atom is -0.494 e. The Morgan fingerprint density at radius 1 is 0.868 bits per heavy atom. The molecule has 0 aliphatic rings. The van der Waals surface area contributed by atoms with Crippen LogP contribution in [0.25, 0.3) is 22.2 Å². The maximum absolute atomic E-state index is 12.3. The van der Waals surface area contributed by atoms with Crippen molar-refractivity contribution in [1.29, 1.82) is 0 Å². The van der Waals surface area contributed by atoms with Gasteiger partial charge in [-0.2, -0.15) is 0 Å². The molecule has 206 valence electrons. The molecule has 0 aliphatic heterocycles. The fourth-order valence-electron chi connectivity index (χ4n) is 4.20. The van der Waals surface area contributed by atoms with Crippen LogP contribution in [-0.2, 0) is 9.53 Å². The molecule has 3 rings (SSSR count). The van der Waals surface area contributed by atoms with Crippen LogP contribution in [0.2, 0.25) is 0 Å². The van der Waals surface area contributed by atoms with Crippen molar-refractivity contribution in [1.82, 2.24) is 4.98 Å². The minimum atomic E-state index is -0.390. The number of fused-ring (bicyclic) bond motifs is 1. The molecule has 0 saturated carbocycles. The molecule has 3 aromatic rings. The first kappa shape index (κ1) is 29.4. The van der Waals surface area contributed by atoms with Gasteiger partial charge >= 0.3 is 11.6 Å². The molecule has 1 aromatic carbocycles. The third-order valence-corrected chi connectivity index (χ3v) is 7.15. The number of hydrogen-bond donors (Lipinski definition) is 0. The van der Waals surface area contributed by atoms with Crippen molar-refractivity contribution in [3.63, 3.8) is 0 Å². The molecule has 38 heavy (non-hydrogen) atoms. The molecule has 0 N–H and O–H groups in total. The van der Waals surface area contributed by atoms with Crippen molar-refractivity contribution < 1.29 is 18.7 Å². The van der Waals surface area contributed by atoms with Crippen LogP contribution in [0, 0.1) is 5.41 Å². The lowest BCUT2D eigenvalue weighted by Crippen LogP contribution is -2.26. The summed E-state index contributed by atoms with van der Waals surface area (Å²) < 4.78 is 16.6. The van der Waals surface area contributed by atoms with Gasteiger partial charge in [-0.1, -0.05) is 70.4 Å². The number of rotatable bonds is 17. The van der Waals surface area contributed by atoms with Gasteiger partial charge in [0, 0.05) is 11.6 Å². The minimum absolute atomic E-state index is 0.0750. The van der Waals surface area contributed by atoms with Gasteiger partial charge < -0.3 is 13.9 Å². The van der Waals surface area contributed by atoms with E-state index in [1.54, 1.807) is 6.20 Å². The van der Waals surface area contributed by atoms with Gasteiger partial charge in [0.05, 0.1) is 24.2 Å². The van der Waals surface area contributed by atoms with E-state index in [9.17, 15) is 9.59 Å². The van der Waals surface area contributed by atoms with Crippen LogP contribution in [0.4, 0.5) is 0 Å². The number of carbonyl (C=O) groups excluding carboxylic acids is 1. The number of carbonyl (C=O) groups is 1. The Balaban J connectivity index is 1.20. The molecule has 0 radical (unpaired) electrons. The fourth-order valence-corrected chi connectivity index (χ4v) is 4.20. The lowest BCUT2D eigenvalue weighted by atomic mass is 9.91. The summed E-state index contributed by atoms with van der Waals surface area (Å²) in [6.45, 7) is 7.15. The number of pyridine rings is 1. The highest BCUT2D eigenvalue weighted by Gasteiger charge is 2.26. The predicted octanol–water partition coefficient (Wildman–Crippen LogP) is 8.11. The molecule has 2 heterocycles. The number of benzene rings is 1. The summed E-state index contributed by atoms with van der Waals surface area (Å²) in [5.41, 5.74) is 0.921. The van der Waals surface area contributed by atoms with Gasteiger partial charge in [0.25, 0.3) is 0 Å². The third-order valence-electron chi connectivity index (χ3n) is 7.15. The molecule has 2 aromatic heterocycles. The molecule has 0 atom stereocenters. The van der Waals surface area contributed by atoms with Crippen molar-refractivity contribution in [2.24, 2.45) is 5.41 Å². The van der Waals surface area contributed by atoms with Crippen LogP contribution in [0.15, 0.2) is 57.9 Å². The first-order valence-corrected chi connectivity index (χ1v) is 14.2. The predicted molar refractivity (Wildman–Crippen MR) is 152 cm³/mol. The standard InChI is InChI=1S/C32H43NO5/c1-4-32(2,3)31(35)37-23-14-12-10-8-6-5-7-9-11-13-22-36-27-19-17-25(18-20-27)28-24-26-16-15-21-33-29(26)38-30(28)34/h15-21,24H,4-14,22-23H2,1-3H3. The van der Waals surface area contributed by atoms with Gasteiger partial charge in [0.2, 0.25) is 5.71 Å². The van der Waals surface area contributed by atoms with E-state index in [2.05, 4.69) is 4.98 Å². The van der Waals surface area contributed by atoms with Crippen molar-refractivity contribution in [3.05, 3.63) is 59.1 Å². The van der Waals surface area contributed by atoms with E-state index >= 15 is 0 Å². The summed E-state index contributed by atoms with van der Waals surface area (Å²) in [6, 6.07) is 13.1. The van der Waals surface area contributed by atoms with E-state index in [1.807, 2.05) is 63.2 Å². The van der Waals surface area contributed by atoms with Crippen LogP contribution in [-0.4, -0.2) is 24.2 Å². The number of aromatic nitrogens is 1. The smallest absolute Gasteiger partial charge is 0.345 e. The zero-order chi connectivity index (χ0) is 27.2. The normalized spacial score (nSPS) is 11.6. The summed E-state index contributed by atoms with van der Waals surface area (Å²) in [6.07, 6.45) is 14.2. The topological polar surface area (TPSA) is 78.6 Å². The molecule has 0 aliphatic carbocycles. The Kier molecular flexibility index (Phi) is 11.8. The molecule has 6 nitrogen and oxygen atoms in total. The zero-order valence-electron chi connectivity index (χ0n) is 23.3. The maximum Gasteiger partial charge on any atom is 0.345 e. The number of unbranched alkanes of at least 4 members (excludes halogenated alkanes) is 9. The molecule has 0 spiro atoms. The van der Waals surface area contributed by atoms with Gasteiger partial charge in [-0.3, -0.25) is 4.79 Å². The summed E-state index contributed by atoms with van der Waals surface area (Å²) >= 11 is 0.